The topological polar surface area (TPSA) is 42.2 Å². The average Bonchev–Trinajstić information content (AvgIpc) is 2.88. The molecule has 3 aromatic rings. The first-order chi connectivity index (χ1) is 11.4. The van der Waals surface area contributed by atoms with Crippen molar-refractivity contribution in [2.45, 2.75) is 46.5 Å². The van der Waals surface area contributed by atoms with Gasteiger partial charge in [-0.1, -0.05) is 58.0 Å². The van der Waals surface area contributed by atoms with Crippen molar-refractivity contribution in [1.29, 1.82) is 0 Å². The van der Waals surface area contributed by atoms with Gasteiger partial charge in [-0.15, -0.1) is 0 Å². The molecule has 0 spiro atoms. The van der Waals surface area contributed by atoms with Crippen LogP contribution in [0, 0.1) is 6.92 Å². The minimum atomic E-state index is -0.0173. The molecule has 0 saturated heterocycles. The van der Waals surface area contributed by atoms with E-state index in [9.17, 15) is 0 Å². The van der Waals surface area contributed by atoms with Crippen LogP contribution < -0.4 is 5.32 Å². The average molecular weight is 322 g/mol. The van der Waals surface area contributed by atoms with Crippen molar-refractivity contribution in [1.82, 2.24) is 14.6 Å². The highest BCUT2D eigenvalue weighted by atomic mass is 15.3. The highest BCUT2D eigenvalue weighted by molar-refractivity contribution is 5.81. The lowest BCUT2D eigenvalue weighted by Crippen LogP contribution is -2.16. The predicted molar refractivity (Wildman–Crippen MR) is 101 cm³/mol. The molecule has 0 amide bonds. The molecule has 2 heterocycles. The van der Waals surface area contributed by atoms with Crippen molar-refractivity contribution in [3.05, 3.63) is 47.8 Å². The number of benzene rings is 1. The molecule has 0 aliphatic carbocycles. The van der Waals surface area contributed by atoms with Crippen molar-refractivity contribution in [2.24, 2.45) is 0 Å². The van der Waals surface area contributed by atoms with Crippen LogP contribution in [0.15, 0.2) is 36.4 Å². The first kappa shape index (κ1) is 16.5. The van der Waals surface area contributed by atoms with Crippen LogP contribution in [0.3, 0.4) is 0 Å². The number of rotatable bonds is 4. The van der Waals surface area contributed by atoms with Crippen LogP contribution in [0.2, 0.25) is 0 Å². The summed E-state index contributed by atoms with van der Waals surface area (Å²) in [5, 5.41) is 8.26. The highest BCUT2D eigenvalue weighted by Gasteiger charge is 2.21. The van der Waals surface area contributed by atoms with E-state index in [1.807, 2.05) is 10.6 Å². The second-order valence-corrected chi connectivity index (χ2v) is 7.27. The van der Waals surface area contributed by atoms with Gasteiger partial charge < -0.3 is 5.32 Å². The molecular weight excluding hydrogens is 296 g/mol. The molecule has 0 atom stereocenters. The number of hydrogen-bond acceptors (Lipinski definition) is 3. The maximum absolute atomic E-state index is 4.97. The summed E-state index contributed by atoms with van der Waals surface area (Å²) >= 11 is 0. The smallest absolute Gasteiger partial charge is 0.165 e. The highest BCUT2D eigenvalue weighted by Crippen LogP contribution is 2.31. The zero-order valence-corrected chi connectivity index (χ0v) is 15.2. The summed E-state index contributed by atoms with van der Waals surface area (Å²) in [4.78, 5) is 4.97. The lowest BCUT2D eigenvalue weighted by molar-refractivity contribution is 0.568. The fourth-order valence-corrected chi connectivity index (χ4v) is 2.83. The van der Waals surface area contributed by atoms with Gasteiger partial charge in [0.05, 0.1) is 11.4 Å². The third-order valence-electron chi connectivity index (χ3n) is 4.15. The molecule has 4 heteroatoms. The lowest BCUT2D eigenvalue weighted by Gasteiger charge is -2.20. The molecule has 0 aliphatic heterocycles. The molecule has 4 nitrogen and oxygen atoms in total. The largest absolute Gasteiger partial charge is 0.370 e. The minimum absolute atomic E-state index is 0.0173. The molecular formula is C20H26N4. The second-order valence-electron chi connectivity index (χ2n) is 7.27. The van der Waals surface area contributed by atoms with Crippen molar-refractivity contribution in [3.8, 4) is 11.1 Å². The van der Waals surface area contributed by atoms with E-state index in [1.54, 1.807) is 0 Å². The molecule has 0 unspecified atom stereocenters. The third kappa shape index (κ3) is 3.01. The van der Waals surface area contributed by atoms with Gasteiger partial charge in [0, 0.05) is 23.6 Å². The summed E-state index contributed by atoms with van der Waals surface area (Å²) in [6.45, 7) is 11.7. The predicted octanol–water partition coefficient (Wildman–Crippen LogP) is 4.82. The Bertz CT molecular complexity index is 841. The Labute approximate surface area is 143 Å². The summed E-state index contributed by atoms with van der Waals surface area (Å²) in [6, 6.07) is 12.5. The Kier molecular flexibility index (Phi) is 4.31. The van der Waals surface area contributed by atoms with E-state index in [1.165, 1.54) is 0 Å². The van der Waals surface area contributed by atoms with Crippen LogP contribution in [-0.4, -0.2) is 21.1 Å². The molecule has 0 fully saturated rings. The van der Waals surface area contributed by atoms with E-state index in [2.05, 4.69) is 70.3 Å². The number of nitrogens with zero attached hydrogens (tertiary/aromatic N) is 3. The molecule has 3 rings (SSSR count). The summed E-state index contributed by atoms with van der Waals surface area (Å²) in [7, 11) is 0. The molecule has 24 heavy (non-hydrogen) atoms. The Morgan fingerprint density at radius 1 is 1.12 bits per heavy atom. The second kappa shape index (κ2) is 6.27. The number of hydrogen-bond donors (Lipinski definition) is 1. The number of nitrogens with one attached hydrogen (secondary N) is 1. The monoisotopic (exact) mass is 322 g/mol. The lowest BCUT2D eigenvalue weighted by atomic mass is 9.92. The zero-order valence-electron chi connectivity index (χ0n) is 15.2. The number of anilines is 1. The van der Waals surface area contributed by atoms with Crippen molar-refractivity contribution < 1.29 is 0 Å². The van der Waals surface area contributed by atoms with E-state index in [0.29, 0.717) is 0 Å². The number of aryl methyl sites for hydroxylation is 1. The SMILES string of the molecule is CCCNc1cc(C(C)(C)C)nc2c(-c3ccccc3)c(C)nn12. The Morgan fingerprint density at radius 2 is 1.83 bits per heavy atom. The van der Waals surface area contributed by atoms with Crippen LogP contribution in [0.1, 0.15) is 45.5 Å². The van der Waals surface area contributed by atoms with Gasteiger partial charge in [-0.2, -0.15) is 9.61 Å². The molecule has 2 aromatic heterocycles. The van der Waals surface area contributed by atoms with E-state index in [4.69, 9.17) is 10.1 Å². The Morgan fingerprint density at radius 3 is 2.46 bits per heavy atom. The van der Waals surface area contributed by atoms with Gasteiger partial charge in [-0.05, 0) is 18.9 Å². The van der Waals surface area contributed by atoms with Gasteiger partial charge >= 0.3 is 0 Å². The molecule has 1 N–H and O–H groups in total. The summed E-state index contributed by atoms with van der Waals surface area (Å²) in [5.74, 6) is 1.01. The van der Waals surface area contributed by atoms with Gasteiger partial charge in [-0.3, -0.25) is 0 Å². The van der Waals surface area contributed by atoms with Crippen LogP contribution >= 0.6 is 0 Å². The van der Waals surface area contributed by atoms with E-state index < -0.39 is 0 Å². The summed E-state index contributed by atoms with van der Waals surface area (Å²) < 4.78 is 1.95. The molecule has 0 bridgehead atoms. The first-order valence-electron chi connectivity index (χ1n) is 8.62. The van der Waals surface area contributed by atoms with Crippen LogP contribution in [0.25, 0.3) is 16.8 Å². The fourth-order valence-electron chi connectivity index (χ4n) is 2.83. The summed E-state index contributed by atoms with van der Waals surface area (Å²) in [5.41, 5.74) is 5.25. The van der Waals surface area contributed by atoms with E-state index in [-0.39, 0.29) is 5.41 Å². The zero-order chi connectivity index (χ0) is 17.3. The van der Waals surface area contributed by atoms with Gasteiger partial charge in [-0.25, -0.2) is 4.98 Å². The van der Waals surface area contributed by atoms with Crippen molar-refractivity contribution >= 4 is 11.5 Å². The van der Waals surface area contributed by atoms with Gasteiger partial charge in [0.2, 0.25) is 0 Å². The summed E-state index contributed by atoms with van der Waals surface area (Å²) in [6.07, 6.45) is 1.07. The molecule has 126 valence electrons. The standard InChI is InChI=1S/C20H26N4/c1-6-12-21-17-13-16(20(3,4)5)22-19-18(14(2)23-24(17)19)15-10-8-7-9-11-15/h7-11,13,21H,6,12H2,1-5H3. The number of aromatic nitrogens is 3. The molecule has 0 saturated carbocycles. The van der Waals surface area contributed by atoms with Gasteiger partial charge in [0.1, 0.15) is 5.82 Å². The Hall–Kier alpha value is -2.36. The fraction of sp³-hybridized carbons (Fsp3) is 0.400. The maximum atomic E-state index is 4.97. The minimum Gasteiger partial charge on any atom is -0.370 e. The van der Waals surface area contributed by atoms with Crippen LogP contribution in [0.5, 0.6) is 0 Å². The Balaban J connectivity index is 2.29. The molecule has 1 aromatic carbocycles. The normalized spacial score (nSPS) is 11.9. The van der Waals surface area contributed by atoms with E-state index in [0.717, 1.165) is 46.9 Å². The quantitative estimate of drug-likeness (QED) is 0.748. The first-order valence-corrected chi connectivity index (χ1v) is 8.62. The molecule has 0 radical (unpaired) electrons. The van der Waals surface area contributed by atoms with Gasteiger partial charge in [0.25, 0.3) is 0 Å². The van der Waals surface area contributed by atoms with Crippen molar-refractivity contribution in [3.63, 3.8) is 0 Å². The van der Waals surface area contributed by atoms with Crippen LogP contribution in [0.4, 0.5) is 5.82 Å². The molecule has 0 aliphatic rings. The third-order valence-corrected chi connectivity index (χ3v) is 4.15. The van der Waals surface area contributed by atoms with Crippen LogP contribution in [-0.2, 0) is 5.41 Å². The van der Waals surface area contributed by atoms with E-state index >= 15 is 0 Å². The van der Waals surface area contributed by atoms with Gasteiger partial charge in [0.15, 0.2) is 5.65 Å². The van der Waals surface area contributed by atoms with Crippen molar-refractivity contribution in [2.75, 3.05) is 11.9 Å². The maximum Gasteiger partial charge on any atom is 0.165 e. The number of fused-ring (bicyclic) bond motifs is 1.